The molecule has 1 atom stereocenters. The maximum Gasteiger partial charge on any atom is 0.317 e. The highest BCUT2D eigenvalue weighted by atomic mass is 16.5. The molecule has 2 aliphatic rings. The normalized spacial score (nSPS) is 24.8. The molecule has 8 nitrogen and oxygen atoms in total. The Morgan fingerprint density at radius 2 is 1.89 bits per heavy atom. The zero-order valence-electron chi connectivity index (χ0n) is 17.2. The number of urea groups is 1. The van der Waals surface area contributed by atoms with Crippen LogP contribution in [-0.2, 0) is 4.79 Å². The summed E-state index contributed by atoms with van der Waals surface area (Å²) >= 11 is 0. The summed E-state index contributed by atoms with van der Waals surface area (Å²) in [6.45, 7) is 2.61. The van der Waals surface area contributed by atoms with Crippen molar-refractivity contribution in [1.82, 2.24) is 10.2 Å². The first-order valence-electron chi connectivity index (χ1n) is 9.80. The number of nitrogens with zero attached hydrogens (tertiary/aromatic N) is 2. The number of hydrogen-bond donors (Lipinski definition) is 2. The average Bonchev–Trinajstić information content (AvgIpc) is 3.07. The number of nitrogens with one attached hydrogen (secondary N) is 2. The number of likely N-dealkylation sites (tertiary alicyclic amines) is 1. The standard InChI is InChI=1S/C20H30N4O4/c1-22-9-7-15(8-10-22)23(2)20(26)21-14-11-19(25)24(13-14)16-5-6-17(27-3)18(12-16)28-4/h5-6,12,14-15H,7-11,13H2,1-4H3,(H,21,26)/p+1/t14-/m1/s1. The van der Waals surface area contributed by atoms with Gasteiger partial charge in [0.25, 0.3) is 0 Å². The van der Waals surface area contributed by atoms with Crippen LogP contribution < -0.4 is 24.6 Å². The van der Waals surface area contributed by atoms with Gasteiger partial charge in [-0.1, -0.05) is 0 Å². The van der Waals surface area contributed by atoms with Gasteiger partial charge in [0, 0.05) is 50.7 Å². The van der Waals surface area contributed by atoms with E-state index in [1.807, 2.05) is 13.1 Å². The SMILES string of the molecule is COc1ccc(N2C[C@H](NC(=O)N(C)C3CC[NH+](C)CC3)CC2=O)cc1OC. The van der Waals surface area contributed by atoms with Gasteiger partial charge in [-0.3, -0.25) is 4.79 Å². The van der Waals surface area contributed by atoms with Gasteiger partial charge < -0.3 is 29.5 Å². The molecule has 154 valence electrons. The van der Waals surface area contributed by atoms with E-state index in [-0.39, 0.29) is 24.0 Å². The Labute approximate surface area is 166 Å². The molecule has 2 heterocycles. The number of rotatable bonds is 5. The van der Waals surface area contributed by atoms with Gasteiger partial charge >= 0.3 is 6.03 Å². The number of amides is 3. The van der Waals surface area contributed by atoms with Gasteiger partial charge in [-0.05, 0) is 12.1 Å². The molecule has 0 radical (unpaired) electrons. The summed E-state index contributed by atoms with van der Waals surface area (Å²) in [4.78, 5) is 30.2. The van der Waals surface area contributed by atoms with Gasteiger partial charge in [-0.15, -0.1) is 0 Å². The van der Waals surface area contributed by atoms with E-state index < -0.39 is 0 Å². The third kappa shape index (κ3) is 4.32. The molecule has 3 rings (SSSR count). The van der Waals surface area contributed by atoms with Crippen molar-refractivity contribution in [2.45, 2.75) is 31.3 Å². The van der Waals surface area contributed by atoms with Crippen LogP contribution in [0.1, 0.15) is 19.3 Å². The molecule has 0 saturated carbocycles. The molecule has 1 aromatic rings. The first-order valence-corrected chi connectivity index (χ1v) is 9.80. The lowest BCUT2D eigenvalue weighted by molar-refractivity contribution is -0.885. The summed E-state index contributed by atoms with van der Waals surface area (Å²) in [6, 6.07) is 5.36. The Kier molecular flexibility index (Phi) is 6.28. The zero-order valence-corrected chi connectivity index (χ0v) is 17.2. The van der Waals surface area contributed by atoms with Crippen LogP contribution in [0, 0.1) is 0 Å². The molecule has 1 aromatic carbocycles. The smallest absolute Gasteiger partial charge is 0.317 e. The molecule has 28 heavy (non-hydrogen) atoms. The highest BCUT2D eigenvalue weighted by molar-refractivity contribution is 5.97. The first-order chi connectivity index (χ1) is 13.4. The topological polar surface area (TPSA) is 75.5 Å². The largest absolute Gasteiger partial charge is 0.493 e. The van der Waals surface area contributed by atoms with Crippen LogP contribution in [0.4, 0.5) is 10.5 Å². The van der Waals surface area contributed by atoms with Crippen LogP contribution in [0.2, 0.25) is 0 Å². The summed E-state index contributed by atoms with van der Waals surface area (Å²) in [5, 5.41) is 3.03. The number of carbonyl (C=O) groups excluding carboxylic acids is 2. The quantitative estimate of drug-likeness (QED) is 0.748. The van der Waals surface area contributed by atoms with Crippen molar-refractivity contribution in [1.29, 1.82) is 0 Å². The minimum Gasteiger partial charge on any atom is -0.493 e. The van der Waals surface area contributed by atoms with Gasteiger partial charge in [-0.25, -0.2) is 4.79 Å². The van der Waals surface area contributed by atoms with E-state index in [4.69, 9.17) is 9.47 Å². The Morgan fingerprint density at radius 1 is 1.21 bits per heavy atom. The molecule has 0 unspecified atom stereocenters. The summed E-state index contributed by atoms with van der Waals surface area (Å²) in [5.41, 5.74) is 0.742. The van der Waals surface area contributed by atoms with Gasteiger partial charge in [0.15, 0.2) is 11.5 Å². The van der Waals surface area contributed by atoms with Crippen molar-refractivity contribution in [3.05, 3.63) is 18.2 Å². The maximum absolute atomic E-state index is 12.7. The monoisotopic (exact) mass is 391 g/mol. The highest BCUT2D eigenvalue weighted by Crippen LogP contribution is 2.33. The predicted molar refractivity (Wildman–Crippen MR) is 106 cm³/mol. The van der Waals surface area contributed by atoms with Crippen LogP contribution in [0.5, 0.6) is 11.5 Å². The van der Waals surface area contributed by atoms with E-state index in [1.54, 1.807) is 36.2 Å². The molecule has 0 bridgehead atoms. The van der Waals surface area contributed by atoms with Gasteiger partial charge in [-0.2, -0.15) is 0 Å². The van der Waals surface area contributed by atoms with E-state index >= 15 is 0 Å². The predicted octanol–water partition coefficient (Wildman–Crippen LogP) is 0.128. The van der Waals surface area contributed by atoms with Crippen molar-refractivity contribution in [3.63, 3.8) is 0 Å². The van der Waals surface area contributed by atoms with E-state index in [9.17, 15) is 9.59 Å². The van der Waals surface area contributed by atoms with Gasteiger partial charge in [0.05, 0.1) is 40.4 Å². The van der Waals surface area contributed by atoms with Gasteiger partial charge in [0.2, 0.25) is 5.91 Å². The van der Waals surface area contributed by atoms with Crippen LogP contribution >= 0.6 is 0 Å². The van der Waals surface area contributed by atoms with E-state index in [0.29, 0.717) is 24.5 Å². The molecule has 0 aliphatic carbocycles. The van der Waals surface area contributed by atoms with Crippen molar-refractivity contribution in [2.75, 3.05) is 52.8 Å². The molecule has 2 saturated heterocycles. The van der Waals surface area contributed by atoms with Crippen LogP contribution in [-0.4, -0.2) is 76.9 Å². The number of piperidine rings is 1. The fraction of sp³-hybridized carbons (Fsp3) is 0.600. The van der Waals surface area contributed by atoms with E-state index in [1.165, 1.54) is 4.90 Å². The number of anilines is 1. The molecule has 2 N–H and O–H groups in total. The number of methoxy groups -OCH3 is 2. The van der Waals surface area contributed by atoms with E-state index in [2.05, 4.69) is 12.4 Å². The second-order valence-electron chi connectivity index (χ2n) is 7.69. The van der Waals surface area contributed by atoms with Crippen LogP contribution in [0.3, 0.4) is 0 Å². The summed E-state index contributed by atoms with van der Waals surface area (Å²) in [7, 11) is 7.18. The van der Waals surface area contributed by atoms with Crippen LogP contribution in [0.25, 0.3) is 0 Å². The maximum atomic E-state index is 12.7. The summed E-state index contributed by atoms with van der Waals surface area (Å²) in [6.07, 6.45) is 2.32. The summed E-state index contributed by atoms with van der Waals surface area (Å²) in [5.74, 6) is 1.18. The third-order valence-electron chi connectivity index (χ3n) is 5.81. The Hall–Kier alpha value is -2.48. The highest BCUT2D eigenvalue weighted by Gasteiger charge is 2.34. The molecule has 0 spiro atoms. The van der Waals surface area contributed by atoms with Crippen molar-refractivity contribution in [2.24, 2.45) is 0 Å². The number of ether oxygens (including phenoxy) is 2. The van der Waals surface area contributed by atoms with Crippen LogP contribution in [0.15, 0.2) is 18.2 Å². The average molecular weight is 391 g/mol. The second kappa shape index (κ2) is 8.68. The molecule has 2 fully saturated rings. The minimum atomic E-state index is -0.201. The molecule has 8 heteroatoms. The number of carbonyl (C=O) groups is 2. The molecular weight excluding hydrogens is 360 g/mol. The Morgan fingerprint density at radius 3 is 2.54 bits per heavy atom. The lowest BCUT2D eigenvalue weighted by atomic mass is 10.0. The fourth-order valence-electron chi connectivity index (χ4n) is 3.97. The Balaban J connectivity index is 1.60. The first kappa shape index (κ1) is 20.3. The molecule has 2 aliphatic heterocycles. The lowest BCUT2D eigenvalue weighted by Gasteiger charge is -2.33. The third-order valence-corrected chi connectivity index (χ3v) is 5.81. The van der Waals surface area contributed by atoms with Gasteiger partial charge in [0.1, 0.15) is 0 Å². The molecule has 3 amide bonds. The number of hydrogen-bond acceptors (Lipinski definition) is 4. The second-order valence-corrected chi connectivity index (χ2v) is 7.69. The number of quaternary nitrogens is 1. The number of benzene rings is 1. The zero-order chi connectivity index (χ0) is 20.3. The summed E-state index contributed by atoms with van der Waals surface area (Å²) < 4.78 is 10.6. The van der Waals surface area contributed by atoms with Crippen molar-refractivity contribution >= 4 is 17.6 Å². The fourth-order valence-corrected chi connectivity index (χ4v) is 3.97. The molecular formula is C20H31N4O4+. The molecule has 0 aromatic heterocycles. The Bertz CT molecular complexity index is 718. The van der Waals surface area contributed by atoms with Crippen molar-refractivity contribution < 1.29 is 24.0 Å². The lowest BCUT2D eigenvalue weighted by Crippen LogP contribution is -3.10. The van der Waals surface area contributed by atoms with Crippen molar-refractivity contribution in [3.8, 4) is 11.5 Å². The van der Waals surface area contributed by atoms with E-state index in [0.717, 1.165) is 31.6 Å². The minimum absolute atomic E-state index is 0.0111.